The number of thioether (sulfide) groups is 1. The first kappa shape index (κ1) is 17.6. The van der Waals surface area contributed by atoms with E-state index in [9.17, 15) is 4.79 Å². The van der Waals surface area contributed by atoms with E-state index in [4.69, 9.17) is 0 Å². The van der Waals surface area contributed by atoms with Crippen molar-refractivity contribution >= 4 is 17.7 Å². The Morgan fingerprint density at radius 1 is 1.09 bits per heavy atom. The number of nitrogens with one attached hydrogen (secondary N) is 1. The number of rotatable bonds is 8. The summed E-state index contributed by atoms with van der Waals surface area (Å²) in [5, 5.41) is 3.02. The van der Waals surface area contributed by atoms with Crippen molar-refractivity contribution in [2.24, 2.45) is 0 Å². The van der Waals surface area contributed by atoms with Crippen LogP contribution in [0.4, 0.5) is 0 Å². The van der Waals surface area contributed by atoms with Gasteiger partial charge in [0, 0.05) is 24.5 Å². The summed E-state index contributed by atoms with van der Waals surface area (Å²) in [6, 6.07) is 18.8. The Labute approximate surface area is 143 Å². The summed E-state index contributed by atoms with van der Waals surface area (Å²) in [4.78, 5) is 12.0. The molecule has 0 aliphatic rings. The van der Waals surface area contributed by atoms with E-state index < -0.39 is 0 Å². The molecule has 1 N–H and O–H groups in total. The zero-order valence-electron chi connectivity index (χ0n) is 13.9. The number of carbonyl (C=O) groups excluding carboxylic acids is 1. The largest absolute Gasteiger partial charge is 0.355 e. The van der Waals surface area contributed by atoms with Crippen LogP contribution in [-0.2, 0) is 10.5 Å². The van der Waals surface area contributed by atoms with Crippen LogP contribution in [0.2, 0.25) is 0 Å². The van der Waals surface area contributed by atoms with E-state index in [0.717, 1.165) is 18.1 Å². The van der Waals surface area contributed by atoms with Crippen molar-refractivity contribution in [2.75, 3.05) is 12.3 Å². The fraction of sp³-hybridized carbons (Fsp3) is 0.350. The van der Waals surface area contributed by atoms with E-state index in [1.807, 2.05) is 30.0 Å². The topological polar surface area (TPSA) is 29.1 Å². The molecular formula is C20H25NOS. The highest BCUT2D eigenvalue weighted by molar-refractivity contribution is 7.98. The molecule has 0 aliphatic heterocycles. The average molecular weight is 327 g/mol. The standard InChI is InChI=1S/C20H25NOS/c1-16-8-10-18(11-9-16)15-23-13-12-21-20(22)14-17(2)19-6-4-3-5-7-19/h3-11,17H,12-15H2,1-2H3,(H,21,22). The lowest BCUT2D eigenvalue weighted by atomic mass is 9.98. The molecule has 2 aromatic carbocycles. The molecule has 2 rings (SSSR count). The monoisotopic (exact) mass is 327 g/mol. The minimum Gasteiger partial charge on any atom is -0.355 e. The van der Waals surface area contributed by atoms with Crippen molar-refractivity contribution in [1.82, 2.24) is 5.32 Å². The molecule has 1 atom stereocenters. The van der Waals surface area contributed by atoms with Gasteiger partial charge < -0.3 is 5.32 Å². The summed E-state index contributed by atoms with van der Waals surface area (Å²) >= 11 is 1.85. The first-order chi connectivity index (χ1) is 11.1. The fourth-order valence-electron chi connectivity index (χ4n) is 2.39. The van der Waals surface area contributed by atoms with E-state index in [0.29, 0.717) is 6.42 Å². The van der Waals surface area contributed by atoms with Gasteiger partial charge in [-0.2, -0.15) is 11.8 Å². The quantitative estimate of drug-likeness (QED) is 0.721. The molecular weight excluding hydrogens is 302 g/mol. The summed E-state index contributed by atoms with van der Waals surface area (Å²) < 4.78 is 0. The van der Waals surface area contributed by atoms with Crippen LogP contribution < -0.4 is 5.32 Å². The maximum absolute atomic E-state index is 12.0. The van der Waals surface area contributed by atoms with Gasteiger partial charge in [-0.3, -0.25) is 4.79 Å². The van der Waals surface area contributed by atoms with E-state index in [2.05, 4.69) is 55.6 Å². The smallest absolute Gasteiger partial charge is 0.220 e. The predicted molar refractivity (Wildman–Crippen MR) is 99.8 cm³/mol. The molecule has 0 saturated heterocycles. The summed E-state index contributed by atoms with van der Waals surface area (Å²) in [5.74, 6) is 2.34. The second-order valence-electron chi connectivity index (χ2n) is 5.90. The SMILES string of the molecule is Cc1ccc(CSCCNC(=O)CC(C)c2ccccc2)cc1. The molecule has 0 fully saturated rings. The summed E-state index contributed by atoms with van der Waals surface area (Å²) in [6.45, 7) is 4.93. The normalized spacial score (nSPS) is 11.9. The molecule has 0 radical (unpaired) electrons. The third-order valence-corrected chi connectivity index (χ3v) is 4.85. The van der Waals surface area contributed by atoms with Crippen LogP contribution in [0, 0.1) is 6.92 Å². The second-order valence-corrected chi connectivity index (χ2v) is 7.01. The van der Waals surface area contributed by atoms with Crippen LogP contribution >= 0.6 is 11.8 Å². The van der Waals surface area contributed by atoms with E-state index in [1.54, 1.807) is 0 Å². The lowest BCUT2D eigenvalue weighted by molar-refractivity contribution is -0.121. The lowest BCUT2D eigenvalue weighted by Crippen LogP contribution is -2.26. The highest BCUT2D eigenvalue weighted by atomic mass is 32.2. The Morgan fingerprint density at radius 3 is 2.48 bits per heavy atom. The van der Waals surface area contributed by atoms with Gasteiger partial charge in [0.15, 0.2) is 0 Å². The van der Waals surface area contributed by atoms with Gasteiger partial charge in [-0.05, 0) is 24.0 Å². The lowest BCUT2D eigenvalue weighted by Gasteiger charge is -2.12. The molecule has 1 amide bonds. The van der Waals surface area contributed by atoms with Crippen LogP contribution in [0.25, 0.3) is 0 Å². The number of carbonyl (C=O) groups is 1. The van der Waals surface area contributed by atoms with Gasteiger partial charge >= 0.3 is 0 Å². The van der Waals surface area contributed by atoms with Crippen LogP contribution in [0.3, 0.4) is 0 Å². The fourth-order valence-corrected chi connectivity index (χ4v) is 3.21. The highest BCUT2D eigenvalue weighted by Crippen LogP contribution is 2.18. The molecule has 0 aliphatic carbocycles. The van der Waals surface area contributed by atoms with Crippen molar-refractivity contribution in [3.05, 3.63) is 71.3 Å². The highest BCUT2D eigenvalue weighted by Gasteiger charge is 2.10. The third kappa shape index (κ3) is 6.49. The van der Waals surface area contributed by atoms with Gasteiger partial charge in [-0.25, -0.2) is 0 Å². The number of benzene rings is 2. The zero-order valence-corrected chi connectivity index (χ0v) is 14.7. The first-order valence-electron chi connectivity index (χ1n) is 8.10. The number of hydrogen-bond donors (Lipinski definition) is 1. The van der Waals surface area contributed by atoms with Gasteiger partial charge in [0.2, 0.25) is 5.91 Å². The molecule has 0 aromatic heterocycles. The average Bonchev–Trinajstić information content (AvgIpc) is 2.57. The maximum atomic E-state index is 12.0. The molecule has 0 spiro atoms. The number of hydrogen-bond acceptors (Lipinski definition) is 2. The van der Waals surface area contributed by atoms with Gasteiger partial charge in [0.05, 0.1) is 0 Å². The van der Waals surface area contributed by atoms with Crippen molar-refractivity contribution < 1.29 is 4.79 Å². The van der Waals surface area contributed by atoms with Gasteiger partial charge in [0.1, 0.15) is 0 Å². The minimum absolute atomic E-state index is 0.136. The van der Waals surface area contributed by atoms with Gasteiger partial charge in [0.25, 0.3) is 0 Å². The second kappa shape index (κ2) is 9.41. The molecule has 3 heteroatoms. The van der Waals surface area contributed by atoms with Crippen LogP contribution in [0.5, 0.6) is 0 Å². The first-order valence-corrected chi connectivity index (χ1v) is 9.25. The summed E-state index contributed by atoms with van der Waals surface area (Å²) in [5.41, 5.74) is 3.85. The van der Waals surface area contributed by atoms with Crippen LogP contribution in [-0.4, -0.2) is 18.2 Å². The summed E-state index contributed by atoms with van der Waals surface area (Å²) in [7, 11) is 0. The van der Waals surface area contributed by atoms with E-state index >= 15 is 0 Å². The van der Waals surface area contributed by atoms with Crippen molar-refractivity contribution in [1.29, 1.82) is 0 Å². The van der Waals surface area contributed by atoms with Gasteiger partial charge in [-0.1, -0.05) is 67.1 Å². The van der Waals surface area contributed by atoms with Crippen molar-refractivity contribution in [3.63, 3.8) is 0 Å². The maximum Gasteiger partial charge on any atom is 0.220 e. The Hall–Kier alpha value is -1.74. The number of amides is 1. The molecule has 23 heavy (non-hydrogen) atoms. The third-order valence-electron chi connectivity index (χ3n) is 3.82. The Morgan fingerprint density at radius 2 is 1.78 bits per heavy atom. The van der Waals surface area contributed by atoms with E-state index in [-0.39, 0.29) is 11.8 Å². The predicted octanol–water partition coefficient (Wildman–Crippen LogP) is 4.54. The zero-order chi connectivity index (χ0) is 16.5. The Bertz CT molecular complexity index is 595. The molecule has 0 saturated carbocycles. The molecule has 122 valence electrons. The molecule has 2 nitrogen and oxygen atoms in total. The van der Waals surface area contributed by atoms with Crippen molar-refractivity contribution in [3.8, 4) is 0 Å². The van der Waals surface area contributed by atoms with Crippen molar-refractivity contribution in [2.45, 2.75) is 31.9 Å². The number of aryl methyl sites for hydroxylation is 1. The molecule has 0 bridgehead atoms. The van der Waals surface area contributed by atoms with Crippen LogP contribution in [0.1, 0.15) is 36.0 Å². The van der Waals surface area contributed by atoms with Crippen LogP contribution in [0.15, 0.2) is 54.6 Å². The summed E-state index contributed by atoms with van der Waals surface area (Å²) in [6.07, 6.45) is 0.548. The minimum atomic E-state index is 0.136. The molecule has 1 unspecified atom stereocenters. The Kier molecular flexibility index (Phi) is 7.21. The van der Waals surface area contributed by atoms with E-state index in [1.165, 1.54) is 16.7 Å². The molecule has 2 aromatic rings. The van der Waals surface area contributed by atoms with Gasteiger partial charge in [-0.15, -0.1) is 0 Å². The Balaban J connectivity index is 1.60. The molecule has 0 heterocycles.